The number of carbonyl (C=O) groups is 3. The lowest BCUT2D eigenvalue weighted by molar-refractivity contribution is -0.119. The van der Waals surface area contributed by atoms with Crippen molar-refractivity contribution in [3.63, 3.8) is 0 Å². The van der Waals surface area contributed by atoms with Crippen LogP contribution < -0.4 is 0 Å². The van der Waals surface area contributed by atoms with E-state index in [1.54, 1.807) is 0 Å². The van der Waals surface area contributed by atoms with Crippen molar-refractivity contribution in [3.8, 4) is 0 Å². The van der Waals surface area contributed by atoms with Gasteiger partial charge >= 0.3 is 0 Å². The minimum Gasteiger partial charge on any atom is -0.298 e. The standard InChI is InChI=1S/C35H22O3/c1-15-11-21-28-30-25(15)16(2)12-22-29(30)32(27-20-10-6-4-8-18(20)14-24(27)34(22)37)35(38)31(28)26-19-9-5-3-7-17(19)13-23(26)33(21)36/h3-12,31-32H,13-14H2,1-2H3. The molecule has 0 aromatic heterocycles. The highest BCUT2D eigenvalue weighted by Crippen LogP contribution is 2.60. The Morgan fingerprint density at radius 3 is 1.50 bits per heavy atom. The van der Waals surface area contributed by atoms with Gasteiger partial charge in [-0.25, -0.2) is 0 Å². The molecule has 3 nitrogen and oxygen atoms in total. The van der Waals surface area contributed by atoms with Gasteiger partial charge in [-0.05, 0) is 92.4 Å². The number of benzene rings is 4. The predicted octanol–water partition coefficient (Wildman–Crippen LogP) is 6.62. The quantitative estimate of drug-likeness (QED) is 0.278. The summed E-state index contributed by atoms with van der Waals surface area (Å²) in [6, 6.07) is 20.3. The van der Waals surface area contributed by atoms with Crippen molar-refractivity contribution >= 4 is 39.3 Å². The molecule has 2 atom stereocenters. The third kappa shape index (κ3) is 2.14. The SMILES string of the molecule is Cc1cc2c3c4c5c(cc(C)c14)C(=O)C1=C(c4ccccc4C1)C5C(=O)C3C1=C(Cc3ccccc31)C2=O. The summed E-state index contributed by atoms with van der Waals surface area (Å²) in [6.07, 6.45) is 1.13. The van der Waals surface area contributed by atoms with Gasteiger partial charge < -0.3 is 0 Å². The lowest BCUT2D eigenvalue weighted by atomic mass is 9.60. The fraction of sp³-hybridized carbons (Fsp3) is 0.171. The molecule has 0 spiro atoms. The van der Waals surface area contributed by atoms with Crippen molar-refractivity contribution in [3.05, 3.63) is 127 Å². The highest BCUT2D eigenvalue weighted by molar-refractivity contribution is 6.32. The van der Waals surface area contributed by atoms with Gasteiger partial charge in [0.05, 0.1) is 11.8 Å². The Balaban J connectivity index is 1.47. The highest BCUT2D eigenvalue weighted by Gasteiger charge is 2.52. The number of carbonyl (C=O) groups excluding carboxylic acids is 3. The third-order valence-electron chi connectivity index (χ3n) is 9.64. The van der Waals surface area contributed by atoms with Crippen LogP contribution in [-0.4, -0.2) is 17.3 Å². The van der Waals surface area contributed by atoms with Gasteiger partial charge in [-0.2, -0.15) is 0 Å². The van der Waals surface area contributed by atoms with Crippen LogP contribution in [0.5, 0.6) is 0 Å². The van der Waals surface area contributed by atoms with Crippen LogP contribution in [0, 0.1) is 13.8 Å². The fourth-order valence-electron chi connectivity index (χ4n) is 8.28. The molecule has 0 aliphatic heterocycles. The van der Waals surface area contributed by atoms with Gasteiger partial charge in [0.1, 0.15) is 0 Å². The number of allylic oxidation sites excluding steroid dienone is 4. The summed E-state index contributed by atoms with van der Waals surface area (Å²) >= 11 is 0. The van der Waals surface area contributed by atoms with Crippen LogP contribution in [0.25, 0.3) is 21.9 Å². The van der Waals surface area contributed by atoms with Gasteiger partial charge in [-0.15, -0.1) is 0 Å². The summed E-state index contributed by atoms with van der Waals surface area (Å²) in [5.74, 6) is -0.857. The Hall–Kier alpha value is -4.37. The van der Waals surface area contributed by atoms with Crippen LogP contribution in [0.3, 0.4) is 0 Å². The molecule has 180 valence electrons. The van der Waals surface area contributed by atoms with E-state index in [-0.39, 0.29) is 17.3 Å². The Bertz CT molecular complexity index is 1860. The molecule has 0 bridgehead atoms. The van der Waals surface area contributed by atoms with Crippen molar-refractivity contribution in [2.24, 2.45) is 0 Å². The van der Waals surface area contributed by atoms with E-state index < -0.39 is 11.8 Å². The van der Waals surface area contributed by atoms with E-state index in [1.807, 2.05) is 36.4 Å². The molecule has 5 aliphatic carbocycles. The molecule has 0 radical (unpaired) electrons. The number of rotatable bonds is 0. The van der Waals surface area contributed by atoms with Gasteiger partial charge in [0.25, 0.3) is 0 Å². The van der Waals surface area contributed by atoms with E-state index in [2.05, 4.69) is 38.1 Å². The van der Waals surface area contributed by atoms with Crippen LogP contribution in [0.4, 0.5) is 0 Å². The van der Waals surface area contributed by atoms with Crippen molar-refractivity contribution in [1.82, 2.24) is 0 Å². The van der Waals surface area contributed by atoms with Crippen molar-refractivity contribution < 1.29 is 14.4 Å². The van der Waals surface area contributed by atoms with E-state index >= 15 is 0 Å². The van der Waals surface area contributed by atoms with E-state index in [9.17, 15) is 14.4 Å². The molecule has 3 heteroatoms. The first-order valence-corrected chi connectivity index (χ1v) is 13.3. The smallest absolute Gasteiger partial charge is 0.190 e. The number of ketones is 3. The van der Waals surface area contributed by atoms with Gasteiger partial charge in [0.2, 0.25) is 0 Å². The van der Waals surface area contributed by atoms with Crippen LogP contribution in [-0.2, 0) is 17.6 Å². The zero-order valence-corrected chi connectivity index (χ0v) is 21.1. The van der Waals surface area contributed by atoms with Crippen molar-refractivity contribution in [1.29, 1.82) is 0 Å². The molecule has 0 heterocycles. The first-order valence-electron chi connectivity index (χ1n) is 13.3. The molecule has 0 amide bonds. The number of hydrogen-bond donors (Lipinski definition) is 0. The number of fused-ring (bicyclic) bond motifs is 6. The highest BCUT2D eigenvalue weighted by atomic mass is 16.1. The second-order valence-electron chi connectivity index (χ2n) is 11.4. The monoisotopic (exact) mass is 490 g/mol. The molecule has 0 N–H and O–H groups in total. The van der Waals surface area contributed by atoms with Crippen LogP contribution in [0.1, 0.15) is 77.1 Å². The Morgan fingerprint density at radius 2 is 1.03 bits per heavy atom. The summed E-state index contributed by atoms with van der Waals surface area (Å²) < 4.78 is 0. The normalized spacial score (nSPS) is 21.7. The van der Waals surface area contributed by atoms with Crippen LogP contribution in [0.2, 0.25) is 0 Å². The van der Waals surface area contributed by atoms with Crippen LogP contribution >= 0.6 is 0 Å². The van der Waals surface area contributed by atoms with E-state index in [0.717, 1.165) is 77.6 Å². The summed E-state index contributed by atoms with van der Waals surface area (Å²) in [6.45, 7) is 4.10. The van der Waals surface area contributed by atoms with Gasteiger partial charge in [0, 0.05) is 35.1 Å². The zero-order valence-electron chi connectivity index (χ0n) is 21.1. The van der Waals surface area contributed by atoms with Crippen molar-refractivity contribution in [2.75, 3.05) is 0 Å². The minimum atomic E-state index is -0.508. The molecule has 0 fully saturated rings. The summed E-state index contributed by atoms with van der Waals surface area (Å²) in [4.78, 5) is 43.1. The van der Waals surface area contributed by atoms with Crippen molar-refractivity contribution in [2.45, 2.75) is 38.5 Å². The maximum absolute atomic E-state index is 15.0. The maximum atomic E-state index is 15.0. The van der Waals surface area contributed by atoms with E-state index in [0.29, 0.717) is 24.0 Å². The second kappa shape index (κ2) is 6.54. The predicted molar refractivity (Wildman–Crippen MR) is 147 cm³/mol. The second-order valence-corrected chi connectivity index (χ2v) is 11.4. The van der Waals surface area contributed by atoms with Gasteiger partial charge in [-0.3, -0.25) is 14.4 Å². The molecular formula is C35H22O3. The molecule has 4 aromatic rings. The lowest BCUT2D eigenvalue weighted by Gasteiger charge is -2.40. The van der Waals surface area contributed by atoms with E-state index in [4.69, 9.17) is 0 Å². The van der Waals surface area contributed by atoms with Crippen LogP contribution in [0.15, 0.2) is 71.8 Å². The third-order valence-corrected chi connectivity index (χ3v) is 9.64. The lowest BCUT2D eigenvalue weighted by Crippen LogP contribution is -2.35. The molecule has 0 saturated heterocycles. The molecule has 5 aliphatic rings. The molecular weight excluding hydrogens is 468 g/mol. The molecule has 2 unspecified atom stereocenters. The summed E-state index contributed by atoms with van der Waals surface area (Å²) in [7, 11) is 0. The van der Waals surface area contributed by atoms with Gasteiger partial charge in [0.15, 0.2) is 17.3 Å². The molecule has 4 aromatic carbocycles. The fourth-order valence-corrected chi connectivity index (χ4v) is 8.28. The molecule has 9 rings (SSSR count). The zero-order chi connectivity index (χ0) is 25.6. The first kappa shape index (κ1) is 20.7. The van der Waals surface area contributed by atoms with Gasteiger partial charge in [-0.1, -0.05) is 48.5 Å². The Kier molecular flexibility index (Phi) is 3.56. The number of Topliss-reactive ketones (excluding diaryl/α,β-unsaturated/α-hetero) is 3. The molecule has 0 saturated carbocycles. The molecule has 38 heavy (non-hydrogen) atoms. The van der Waals surface area contributed by atoms with E-state index in [1.165, 1.54) is 0 Å². The summed E-state index contributed by atoms with van der Waals surface area (Å²) in [5, 5.41) is 2.05. The average molecular weight is 491 g/mol. The Morgan fingerprint density at radius 1 is 0.579 bits per heavy atom. The Labute approximate surface area is 219 Å². The number of hydrogen-bond acceptors (Lipinski definition) is 3. The largest absolute Gasteiger partial charge is 0.298 e. The maximum Gasteiger partial charge on any atom is 0.190 e. The first-order chi connectivity index (χ1) is 18.5. The summed E-state index contributed by atoms with van der Waals surface area (Å²) in [5.41, 5.74) is 12.6. The average Bonchev–Trinajstić information content (AvgIpc) is 3.49. The number of aryl methyl sites for hydroxylation is 2. The minimum absolute atomic E-state index is 0.0298. The topological polar surface area (TPSA) is 51.2 Å².